The number of carbonyl (C=O) groups excluding carboxylic acids is 5. The fourth-order valence-electron chi connectivity index (χ4n) is 7.98. The van der Waals surface area contributed by atoms with Crippen molar-refractivity contribution in [3.05, 3.63) is 27.8 Å². The molecule has 3 aliphatic carbocycles. The molecule has 5 rings (SSSR count). The molecule has 1 aliphatic heterocycles. The summed E-state index contributed by atoms with van der Waals surface area (Å²) in [5, 5.41) is 23.0. The van der Waals surface area contributed by atoms with E-state index in [1.165, 1.54) is 11.0 Å². The van der Waals surface area contributed by atoms with Gasteiger partial charge in [-0.25, -0.2) is 0 Å². The van der Waals surface area contributed by atoms with Crippen LogP contribution >= 0.6 is 11.6 Å². The van der Waals surface area contributed by atoms with E-state index in [0.29, 0.717) is 34.5 Å². The number of rotatable bonds is 4. The number of aromatic hydroxyl groups is 1. The molecule has 8 atom stereocenters. The Balaban J connectivity index is 1.55. The Morgan fingerprint density at radius 1 is 1.12 bits per heavy atom. The molecule has 216 valence electrons. The maximum Gasteiger partial charge on any atom is 0.235 e. The molecule has 4 N–H and O–H groups in total. The van der Waals surface area contributed by atoms with Crippen molar-refractivity contribution in [2.75, 3.05) is 27.2 Å². The number of primary amides is 1. The van der Waals surface area contributed by atoms with E-state index in [0.717, 1.165) is 19.5 Å². The third-order valence-corrected chi connectivity index (χ3v) is 9.88. The van der Waals surface area contributed by atoms with Gasteiger partial charge in [0, 0.05) is 30.6 Å². The normalized spacial score (nSPS) is 36.3. The van der Waals surface area contributed by atoms with Gasteiger partial charge in [0.05, 0.1) is 17.5 Å². The lowest BCUT2D eigenvalue weighted by atomic mass is 9.52. The summed E-state index contributed by atoms with van der Waals surface area (Å²) >= 11 is 6.88. The van der Waals surface area contributed by atoms with Gasteiger partial charge >= 0.3 is 0 Å². The van der Waals surface area contributed by atoms with Gasteiger partial charge in [0.1, 0.15) is 5.75 Å². The van der Waals surface area contributed by atoms with Crippen LogP contribution < -0.4 is 5.73 Å². The number of benzene rings is 1. The highest BCUT2D eigenvalue weighted by Crippen LogP contribution is 2.52. The van der Waals surface area contributed by atoms with Crippen LogP contribution in [-0.2, 0) is 32.1 Å². The second-order valence-corrected chi connectivity index (χ2v) is 13.0. The number of carbonyl (C=O) groups is 5. The van der Waals surface area contributed by atoms with Crippen LogP contribution in [0.4, 0.5) is 0 Å². The SMILES string of the molecule is C[C@@H]1C[C@H](C)CN(Cc2cc(O)c3c(c2Cl)C[C@H]2C[C@H]4[C@H](N(C)C)C(=O)C(C(N)=O)C(=O)[C@@]4(O)C(=O)C2C3=O)C1. The highest BCUT2D eigenvalue weighted by molar-refractivity contribution is 6.34. The summed E-state index contributed by atoms with van der Waals surface area (Å²) in [5.41, 5.74) is 3.65. The zero-order valence-electron chi connectivity index (χ0n) is 23.1. The number of hydrogen-bond acceptors (Lipinski definition) is 9. The van der Waals surface area contributed by atoms with Crippen molar-refractivity contribution in [3.63, 3.8) is 0 Å². The van der Waals surface area contributed by atoms with E-state index >= 15 is 0 Å². The molecule has 1 heterocycles. The van der Waals surface area contributed by atoms with E-state index in [-0.39, 0.29) is 24.2 Å². The molecule has 1 aromatic rings. The molecule has 0 bridgehead atoms. The number of hydrogen-bond donors (Lipinski definition) is 3. The largest absolute Gasteiger partial charge is 0.507 e. The van der Waals surface area contributed by atoms with Gasteiger partial charge in [-0.2, -0.15) is 0 Å². The van der Waals surface area contributed by atoms with Gasteiger partial charge in [-0.15, -0.1) is 0 Å². The van der Waals surface area contributed by atoms with Crippen molar-refractivity contribution in [3.8, 4) is 5.75 Å². The maximum absolute atomic E-state index is 13.9. The van der Waals surface area contributed by atoms with Crippen LogP contribution in [0.15, 0.2) is 6.07 Å². The molecule has 4 aliphatic rings. The van der Waals surface area contributed by atoms with Gasteiger partial charge in [-0.05, 0) is 68.3 Å². The summed E-state index contributed by atoms with van der Waals surface area (Å²) in [6, 6.07) is 0.323. The predicted molar refractivity (Wildman–Crippen MR) is 145 cm³/mol. The second-order valence-electron chi connectivity index (χ2n) is 12.7. The number of phenols is 1. The quantitative estimate of drug-likeness (QED) is 0.447. The van der Waals surface area contributed by atoms with E-state index in [4.69, 9.17) is 17.3 Å². The number of likely N-dealkylation sites (N-methyl/N-ethyl adjacent to an activating group) is 1. The number of amides is 1. The zero-order chi connectivity index (χ0) is 29.4. The lowest BCUT2D eigenvalue weighted by molar-refractivity contribution is -0.181. The van der Waals surface area contributed by atoms with E-state index in [9.17, 15) is 34.2 Å². The lowest BCUT2D eigenvalue weighted by Crippen LogP contribution is -2.74. The lowest BCUT2D eigenvalue weighted by Gasteiger charge is -2.52. The Morgan fingerprint density at radius 2 is 1.75 bits per heavy atom. The number of Topliss-reactive ketones (excluding diaryl/α,β-unsaturated/α-hetero) is 4. The Hall–Kier alpha value is -2.66. The molecular formula is C29H36ClN3O7. The van der Waals surface area contributed by atoms with Gasteiger partial charge in [0.15, 0.2) is 34.7 Å². The summed E-state index contributed by atoms with van der Waals surface area (Å²) in [4.78, 5) is 70.1. The van der Waals surface area contributed by atoms with Gasteiger partial charge in [0.25, 0.3) is 0 Å². The summed E-state index contributed by atoms with van der Waals surface area (Å²) in [5.74, 6) is -9.61. The first-order chi connectivity index (χ1) is 18.7. The van der Waals surface area contributed by atoms with Crippen LogP contribution in [0.5, 0.6) is 5.75 Å². The average molecular weight is 574 g/mol. The highest BCUT2D eigenvalue weighted by Gasteiger charge is 2.69. The van der Waals surface area contributed by atoms with Crippen molar-refractivity contribution in [1.82, 2.24) is 9.80 Å². The molecule has 0 aromatic heterocycles. The standard InChI is InChI=1S/C29H36ClN3O7/c1-12-5-13(2)10-33(9-12)11-15-8-18(34)20-16(22(15)30)6-14-7-17-23(32(3)4)25(36)21(28(31)39)27(38)29(17,40)26(37)19(14)24(20)35/h8,12-14,17,19,21,23,34,40H,5-7,9-11H2,1-4H3,(H2,31,39)/t12-,13+,14-,17-,19?,21?,23-,29-/m0/s1. The van der Waals surface area contributed by atoms with Crippen molar-refractivity contribution in [2.45, 2.75) is 51.3 Å². The molecule has 2 saturated carbocycles. The summed E-state index contributed by atoms with van der Waals surface area (Å²) in [6.07, 6.45) is 1.28. The molecule has 1 aromatic carbocycles. The average Bonchev–Trinajstić information content (AvgIpc) is 2.83. The van der Waals surface area contributed by atoms with Gasteiger partial charge in [-0.1, -0.05) is 25.4 Å². The maximum atomic E-state index is 13.9. The molecule has 2 unspecified atom stereocenters. The van der Waals surface area contributed by atoms with Crippen molar-refractivity contribution in [2.24, 2.45) is 41.2 Å². The summed E-state index contributed by atoms with van der Waals surface area (Å²) in [7, 11) is 3.11. The number of fused-ring (bicyclic) bond motifs is 3. The number of nitrogens with two attached hydrogens (primary N) is 1. The van der Waals surface area contributed by atoms with E-state index in [2.05, 4.69) is 18.7 Å². The van der Waals surface area contributed by atoms with Gasteiger partial charge in [0.2, 0.25) is 5.91 Å². The number of piperidine rings is 1. The first-order valence-corrected chi connectivity index (χ1v) is 14.2. The van der Waals surface area contributed by atoms with Gasteiger partial charge < -0.3 is 15.9 Å². The molecular weight excluding hydrogens is 538 g/mol. The fourth-order valence-corrected chi connectivity index (χ4v) is 8.27. The van der Waals surface area contributed by atoms with Crippen molar-refractivity contribution < 1.29 is 34.2 Å². The Kier molecular flexibility index (Phi) is 7.22. The minimum atomic E-state index is -2.74. The molecule has 3 fully saturated rings. The third kappa shape index (κ3) is 4.22. The van der Waals surface area contributed by atoms with Crippen LogP contribution in [-0.4, -0.2) is 87.9 Å². The minimum Gasteiger partial charge on any atom is -0.507 e. The monoisotopic (exact) mass is 573 g/mol. The smallest absolute Gasteiger partial charge is 0.235 e. The number of phenolic OH excluding ortho intramolecular Hbond substituents is 1. The Morgan fingerprint density at radius 3 is 2.33 bits per heavy atom. The molecule has 40 heavy (non-hydrogen) atoms. The Labute approximate surface area is 237 Å². The topological polar surface area (TPSA) is 158 Å². The fraction of sp³-hybridized carbons (Fsp3) is 0.621. The first-order valence-electron chi connectivity index (χ1n) is 13.8. The molecule has 10 nitrogen and oxygen atoms in total. The number of aliphatic hydroxyl groups is 1. The minimum absolute atomic E-state index is 0.00757. The van der Waals surface area contributed by atoms with Crippen LogP contribution in [0.25, 0.3) is 0 Å². The summed E-state index contributed by atoms with van der Waals surface area (Å²) < 4.78 is 0. The number of ketones is 4. The van der Waals surface area contributed by atoms with Crippen LogP contribution in [0, 0.1) is 35.5 Å². The number of nitrogens with zero attached hydrogens (tertiary/aromatic N) is 2. The molecule has 0 spiro atoms. The highest BCUT2D eigenvalue weighted by atomic mass is 35.5. The first kappa shape index (κ1) is 28.9. The van der Waals surface area contributed by atoms with Crippen molar-refractivity contribution >= 4 is 40.6 Å². The second kappa shape index (κ2) is 10.0. The number of halogens is 1. The zero-order valence-corrected chi connectivity index (χ0v) is 23.9. The van der Waals surface area contributed by atoms with E-state index in [1.54, 1.807) is 14.1 Å². The third-order valence-electron chi connectivity index (χ3n) is 9.41. The molecule has 0 radical (unpaired) electrons. The molecule has 11 heteroatoms. The summed E-state index contributed by atoms with van der Waals surface area (Å²) in [6.45, 7) is 6.66. The molecule has 1 amide bonds. The number of likely N-dealkylation sites (tertiary alicyclic amines) is 1. The van der Waals surface area contributed by atoms with Gasteiger partial charge in [-0.3, -0.25) is 33.8 Å². The van der Waals surface area contributed by atoms with Crippen LogP contribution in [0.2, 0.25) is 5.02 Å². The van der Waals surface area contributed by atoms with Crippen molar-refractivity contribution in [1.29, 1.82) is 0 Å². The van der Waals surface area contributed by atoms with E-state index < -0.39 is 64.4 Å². The van der Waals surface area contributed by atoms with Crippen LogP contribution in [0.3, 0.4) is 0 Å². The van der Waals surface area contributed by atoms with E-state index in [1.807, 2.05) is 0 Å². The molecule has 1 saturated heterocycles. The van der Waals surface area contributed by atoms with Crippen LogP contribution in [0.1, 0.15) is 48.2 Å². The Bertz CT molecular complexity index is 1320. The predicted octanol–water partition coefficient (Wildman–Crippen LogP) is 0.998.